The summed E-state index contributed by atoms with van der Waals surface area (Å²) in [6.07, 6.45) is -1.14. The number of aliphatic hydroxyl groups excluding tert-OH is 1. The topological polar surface area (TPSA) is 142 Å². The van der Waals surface area contributed by atoms with Gasteiger partial charge in [-0.05, 0) is 54.9 Å². The number of carbonyl (C=O) groups is 1. The second kappa shape index (κ2) is 13.4. The minimum atomic E-state index is -4.69. The molecule has 1 aliphatic rings. The predicted molar refractivity (Wildman–Crippen MR) is 136 cm³/mol. The second-order valence-electron chi connectivity index (χ2n) is 8.84. The lowest BCUT2D eigenvalue weighted by Crippen LogP contribution is -2.58. The van der Waals surface area contributed by atoms with Crippen molar-refractivity contribution in [1.82, 2.24) is 4.90 Å². The summed E-state index contributed by atoms with van der Waals surface area (Å²) in [5.41, 5.74) is 4.11. The zero-order chi connectivity index (χ0) is 27.9. The van der Waals surface area contributed by atoms with Gasteiger partial charge in [0.25, 0.3) is 5.91 Å². The highest BCUT2D eigenvalue weighted by Crippen LogP contribution is 2.46. The Morgan fingerprint density at radius 2 is 1.68 bits per heavy atom. The van der Waals surface area contributed by atoms with E-state index in [1.807, 2.05) is 61.5 Å². The summed E-state index contributed by atoms with van der Waals surface area (Å²) in [5.74, 6) is 0.483. The number of thioether (sulfide) groups is 1. The van der Waals surface area contributed by atoms with Crippen molar-refractivity contribution < 1.29 is 43.5 Å². The number of benzene rings is 3. The van der Waals surface area contributed by atoms with E-state index in [1.165, 1.54) is 5.56 Å². The number of carbonyl (C=O) groups excluding carboxylic acids is 1. The number of rotatable bonds is 7. The van der Waals surface area contributed by atoms with Crippen LogP contribution in [0.25, 0.3) is 0 Å². The number of hydrogen-bond donors (Lipinski definition) is 2. The maximum atomic E-state index is 13.5. The number of fused-ring (bicyclic) bond motifs is 1. The summed E-state index contributed by atoms with van der Waals surface area (Å²) in [6, 6.07) is 24.0. The van der Waals surface area contributed by atoms with Crippen molar-refractivity contribution in [2.45, 2.75) is 29.7 Å². The normalized spacial score (nSPS) is 17.4. The quantitative estimate of drug-likeness (QED) is 0.422. The summed E-state index contributed by atoms with van der Waals surface area (Å²) < 4.78 is 38.0. The highest BCUT2D eigenvalue weighted by atomic mass is 35.7. The van der Waals surface area contributed by atoms with Gasteiger partial charge in [0.15, 0.2) is 0 Å². The molecule has 0 saturated heterocycles. The maximum absolute atomic E-state index is 13.5. The van der Waals surface area contributed by atoms with Gasteiger partial charge in [-0.15, -0.1) is 11.8 Å². The van der Waals surface area contributed by atoms with Crippen LogP contribution in [-0.4, -0.2) is 53.9 Å². The molecule has 0 unspecified atom stereocenters. The van der Waals surface area contributed by atoms with Crippen LogP contribution in [0.15, 0.2) is 77.7 Å². The zero-order valence-electron chi connectivity index (χ0n) is 21.3. The van der Waals surface area contributed by atoms with Crippen LogP contribution in [0.3, 0.4) is 0 Å². The third-order valence-corrected chi connectivity index (χ3v) is 7.28. The van der Waals surface area contributed by atoms with Gasteiger partial charge in [-0.2, -0.15) is 14.0 Å². The lowest BCUT2D eigenvalue weighted by Gasteiger charge is -2.27. The molecule has 0 saturated carbocycles. The van der Waals surface area contributed by atoms with Crippen molar-refractivity contribution in [3.8, 4) is 5.75 Å². The highest BCUT2D eigenvalue weighted by Gasteiger charge is 2.37. The molecule has 3 aromatic carbocycles. The fraction of sp³-hybridized carbons (Fsp3) is 0.296. The van der Waals surface area contributed by atoms with Crippen LogP contribution in [0, 0.1) is 17.2 Å². The van der Waals surface area contributed by atoms with Crippen LogP contribution >= 0.6 is 11.8 Å². The van der Waals surface area contributed by atoms with E-state index in [2.05, 4.69) is 30.1 Å². The summed E-state index contributed by atoms with van der Waals surface area (Å²) in [4.78, 5) is 18.4. The van der Waals surface area contributed by atoms with Gasteiger partial charge in [0, 0.05) is 24.5 Å². The Hall–Kier alpha value is -2.67. The Morgan fingerprint density at radius 3 is 2.29 bits per heavy atom. The molecule has 1 amide bonds. The van der Waals surface area contributed by atoms with Gasteiger partial charge < -0.3 is 19.6 Å². The summed E-state index contributed by atoms with van der Waals surface area (Å²) in [7, 11) is -1.02. The number of hydrogen-bond acceptors (Lipinski definition) is 9. The Balaban J connectivity index is 0.000000732. The molecule has 2 N–H and O–H groups in total. The van der Waals surface area contributed by atoms with Gasteiger partial charge in [0.05, 0.1) is 32.9 Å². The summed E-state index contributed by atoms with van der Waals surface area (Å²) >= 11 is 1.54. The molecule has 38 heavy (non-hydrogen) atoms. The van der Waals surface area contributed by atoms with Gasteiger partial charge in [-0.1, -0.05) is 48.5 Å². The lowest BCUT2D eigenvalue weighted by molar-refractivity contribution is -1.92. The molecule has 0 aromatic heterocycles. The van der Waals surface area contributed by atoms with E-state index in [4.69, 9.17) is 23.4 Å². The van der Waals surface area contributed by atoms with Crippen molar-refractivity contribution >= 4 is 23.4 Å². The Morgan fingerprint density at radius 1 is 1.05 bits per heavy atom. The molecule has 0 spiro atoms. The number of aryl methyl sites for hydroxylation is 1. The number of nitrogens with zero attached hydrogens (tertiary/aromatic N) is 2. The third-order valence-electron chi connectivity index (χ3n) is 5.91. The van der Waals surface area contributed by atoms with Crippen molar-refractivity contribution in [1.29, 1.82) is 0 Å². The number of aliphatic hydroxyl groups is 1. The first-order chi connectivity index (χ1) is 18.0. The van der Waals surface area contributed by atoms with Gasteiger partial charge in [-0.25, -0.2) is 0 Å². The first kappa shape index (κ1) is 29.9. The second-order valence-corrected chi connectivity index (χ2v) is 10.8. The fourth-order valence-corrected chi connectivity index (χ4v) is 5.43. The average Bonchev–Trinajstić information content (AvgIpc) is 2.96. The van der Waals surface area contributed by atoms with Crippen molar-refractivity contribution in [2.24, 2.45) is 0 Å². The smallest absolute Gasteiger partial charge is 0.257 e. The molecular weight excluding hydrogens is 532 g/mol. The standard InChI is InChI=1S/C27H30N2O3S.ClHO4/c1-19-9-14-23-24(17-19)33-26(21-10-12-22(32-3)13-11-21)25(30)27(31)29(23)16-15-28(2)18-20-7-5-4-6-8-20;2-1(3,4)5/h4-14,17,25-26,30H,15-16,18H2,1-3H3;(H,2,3,4,5)/t25-,26+;/m0./s1. The SMILES string of the molecule is COc1ccc([C@H]2Sc3cc(C)ccc3N(CCN(C)Cc3ccccc3)C(=O)[C@H]2O)cc1.[O-][Cl+3]([O-])([O-])O. The van der Waals surface area contributed by atoms with Crippen LogP contribution in [-0.2, 0) is 11.3 Å². The number of methoxy groups -OCH3 is 1. The predicted octanol–water partition coefficient (Wildman–Crippen LogP) is 0.553. The minimum absolute atomic E-state index is 0.265. The van der Waals surface area contributed by atoms with E-state index in [-0.39, 0.29) is 5.91 Å². The highest BCUT2D eigenvalue weighted by molar-refractivity contribution is 7.99. The van der Waals surface area contributed by atoms with E-state index in [1.54, 1.807) is 23.8 Å². The van der Waals surface area contributed by atoms with Crippen LogP contribution in [0.1, 0.15) is 21.9 Å². The van der Waals surface area contributed by atoms with E-state index < -0.39 is 21.6 Å². The van der Waals surface area contributed by atoms with Gasteiger partial charge in [0.2, 0.25) is 0 Å². The van der Waals surface area contributed by atoms with E-state index in [0.29, 0.717) is 13.1 Å². The van der Waals surface area contributed by atoms with Crippen LogP contribution in [0.4, 0.5) is 5.69 Å². The zero-order valence-corrected chi connectivity index (χ0v) is 22.9. The molecule has 0 aliphatic carbocycles. The minimum Gasteiger partial charge on any atom is -0.497 e. The number of likely N-dealkylation sites (N-methyl/N-ethyl adjacent to an activating group) is 1. The average molecular weight is 563 g/mol. The van der Waals surface area contributed by atoms with Gasteiger partial charge >= 0.3 is 0 Å². The monoisotopic (exact) mass is 562 g/mol. The van der Waals surface area contributed by atoms with Crippen LogP contribution in [0.2, 0.25) is 0 Å². The molecular formula is C27H31ClN2O7S. The molecule has 11 heteroatoms. The van der Waals surface area contributed by atoms with Crippen molar-refractivity contribution in [2.75, 3.05) is 32.1 Å². The molecule has 0 bridgehead atoms. The molecule has 0 radical (unpaired) electrons. The number of anilines is 1. The summed E-state index contributed by atoms with van der Waals surface area (Å²) in [6.45, 7) is 4.05. The number of amides is 1. The number of halogens is 1. The molecule has 204 valence electrons. The molecule has 1 aliphatic heterocycles. The van der Waals surface area contributed by atoms with Gasteiger partial charge in [0.1, 0.15) is 11.9 Å². The molecule has 2 atom stereocenters. The van der Waals surface area contributed by atoms with E-state index in [0.717, 1.165) is 34.0 Å². The van der Waals surface area contributed by atoms with Crippen molar-refractivity contribution in [3.63, 3.8) is 0 Å². The Kier molecular flexibility index (Phi) is 10.5. The van der Waals surface area contributed by atoms with Crippen LogP contribution < -0.4 is 23.6 Å². The maximum Gasteiger partial charge on any atom is 0.257 e. The first-order valence-corrected chi connectivity index (χ1v) is 13.9. The van der Waals surface area contributed by atoms with Crippen molar-refractivity contribution in [3.05, 3.63) is 89.5 Å². The Labute approximate surface area is 228 Å². The Bertz CT molecular complexity index is 1190. The number of ether oxygens (including phenoxy) is 1. The molecule has 1 heterocycles. The largest absolute Gasteiger partial charge is 0.497 e. The third kappa shape index (κ3) is 8.69. The molecule has 3 aromatic rings. The molecule has 4 rings (SSSR count). The molecule has 9 nitrogen and oxygen atoms in total. The first-order valence-electron chi connectivity index (χ1n) is 11.7. The van der Waals surface area contributed by atoms with E-state index in [9.17, 15) is 9.90 Å². The van der Waals surface area contributed by atoms with Gasteiger partial charge in [-0.3, -0.25) is 4.79 Å². The lowest BCUT2D eigenvalue weighted by atomic mass is 10.1. The fourth-order valence-electron chi connectivity index (χ4n) is 4.07. The summed E-state index contributed by atoms with van der Waals surface area (Å²) in [5, 5.41) is 10.8. The van der Waals surface area contributed by atoms with Crippen LogP contribution in [0.5, 0.6) is 5.75 Å². The molecule has 0 fully saturated rings. The van der Waals surface area contributed by atoms with E-state index >= 15 is 0 Å².